The lowest BCUT2D eigenvalue weighted by Gasteiger charge is -2.52. The maximum atomic E-state index is 9.58. The molecule has 0 aliphatic heterocycles. The first-order valence-corrected chi connectivity index (χ1v) is 7.12. The zero-order chi connectivity index (χ0) is 12.5. The van der Waals surface area contributed by atoms with Crippen molar-refractivity contribution in [3.05, 3.63) is 30.1 Å². The predicted molar refractivity (Wildman–Crippen MR) is 70.9 cm³/mol. The van der Waals surface area contributed by atoms with Crippen LogP contribution in [0.2, 0.25) is 0 Å². The smallest absolute Gasteiger partial charge is 0.100 e. The van der Waals surface area contributed by atoms with E-state index in [1.165, 1.54) is 38.5 Å². The third kappa shape index (κ3) is 1.82. The van der Waals surface area contributed by atoms with Crippen molar-refractivity contribution < 1.29 is 0 Å². The summed E-state index contributed by atoms with van der Waals surface area (Å²) in [6, 6.07) is 8.51. The van der Waals surface area contributed by atoms with E-state index in [9.17, 15) is 5.26 Å². The fraction of sp³-hybridized carbons (Fsp3) is 0.625. The van der Waals surface area contributed by atoms with Crippen LogP contribution in [0.4, 0.5) is 0 Å². The van der Waals surface area contributed by atoms with Gasteiger partial charge < -0.3 is 0 Å². The zero-order valence-corrected chi connectivity index (χ0v) is 10.9. The lowest BCUT2D eigenvalue weighted by atomic mass is 9.49. The van der Waals surface area contributed by atoms with E-state index in [-0.39, 0.29) is 5.41 Å². The average molecular weight is 240 g/mol. The summed E-state index contributed by atoms with van der Waals surface area (Å²) in [5.74, 6) is 0. The van der Waals surface area contributed by atoms with Crippen LogP contribution in [-0.2, 0) is 5.41 Å². The Bertz CT molecular complexity index is 442. The second kappa shape index (κ2) is 4.39. The predicted octanol–water partition coefficient (Wildman–Crippen LogP) is 3.98. The van der Waals surface area contributed by atoms with Crippen molar-refractivity contribution in [1.82, 2.24) is 4.98 Å². The first kappa shape index (κ1) is 11.7. The molecule has 1 aromatic rings. The minimum atomic E-state index is -0.286. The molecule has 2 aliphatic rings. The van der Waals surface area contributed by atoms with Crippen LogP contribution < -0.4 is 0 Å². The Balaban J connectivity index is 1.81. The van der Waals surface area contributed by atoms with E-state index in [0.29, 0.717) is 5.41 Å². The maximum Gasteiger partial charge on any atom is 0.100 e. The van der Waals surface area contributed by atoms with E-state index in [4.69, 9.17) is 0 Å². The highest BCUT2D eigenvalue weighted by atomic mass is 14.7. The second-order valence-corrected chi connectivity index (χ2v) is 6.18. The van der Waals surface area contributed by atoms with Crippen LogP contribution >= 0.6 is 0 Å². The molecule has 0 saturated heterocycles. The zero-order valence-electron chi connectivity index (χ0n) is 10.9. The van der Waals surface area contributed by atoms with Gasteiger partial charge in [-0.1, -0.05) is 31.7 Å². The summed E-state index contributed by atoms with van der Waals surface area (Å²) >= 11 is 0. The van der Waals surface area contributed by atoms with Crippen LogP contribution in [0.1, 0.15) is 57.1 Å². The molecular weight excluding hydrogens is 220 g/mol. The largest absolute Gasteiger partial charge is 0.260 e. The maximum absolute atomic E-state index is 9.58. The molecule has 94 valence electrons. The molecular formula is C16H20N2. The summed E-state index contributed by atoms with van der Waals surface area (Å²) in [5, 5.41) is 9.58. The SMILES string of the molecule is N#CC1(c2ccccn2)CC2(CCCCCC2)C1. The molecule has 2 heteroatoms. The van der Waals surface area contributed by atoms with Crippen LogP contribution in [0, 0.1) is 16.7 Å². The van der Waals surface area contributed by atoms with Gasteiger partial charge in [0, 0.05) is 6.20 Å². The lowest BCUT2D eigenvalue weighted by molar-refractivity contribution is 0.0374. The number of rotatable bonds is 1. The lowest BCUT2D eigenvalue weighted by Crippen LogP contribution is -2.49. The molecule has 18 heavy (non-hydrogen) atoms. The van der Waals surface area contributed by atoms with E-state index in [1.54, 1.807) is 0 Å². The number of aromatic nitrogens is 1. The van der Waals surface area contributed by atoms with Gasteiger partial charge in [0.1, 0.15) is 5.41 Å². The average Bonchev–Trinajstić information content (AvgIpc) is 2.63. The highest BCUT2D eigenvalue weighted by Gasteiger charge is 2.55. The van der Waals surface area contributed by atoms with Crippen LogP contribution in [0.3, 0.4) is 0 Å². The Morgan fingerprint density at radius 1 is 1.06 bits per heavy atom. The molecule has 1 spiro atoms. The van der Waals surface area contributed by atoms with Crippen LogP contribution in [0.5, 0.6) is 0 Å². The van der Waals surface area contributed by atoms with Gasteiger partial charge in [0.2, 0.25) is 0 Å². The van der Waals surface area contributed by atoms with Crippen molar-refractivity contribution in [1.29, 1.82) is 5.26 Å². The van der Waals surface area contributed by atoms with Gasteiger partial charge in [-0.2, -0.15) is 5.26 Å². The second-order valence-electron chi connectivity index (χ2n) is 6.18. The Kier molecular flexibility index (Phi) is 2.86. The molecule has 0 aromatic carbocycles. The molecule has 3 rings (SSSR count). The van der Waals surface area contributed by atoms with Gasteiger partial charge in [-0.25, -0.2) is 0 Å². The highest BCUT2D eigenvalue weighted by Crippen LogP contribution is 2.60. The number of nitriles is 1. The van der Waals surface area contributed by atoms with Gasteiger partial charge >= 0.3 is 0 Å². The molecule has 2 nitrogen and oxygen atoms in total. The van der Waals surface area contributed by atoms with Crippen molar-refractivity contribution in [3.8, 4) is 6.07 Å². The standard InChI is InChI=1S/C16H20N2/c17-13-16(14-7-3-6-10-18-14)11-15(12-16)8-4-1-2-5-9-15/h3,6-7,10H,1-2,4-5,8-9,11-12H2. The summed E-state index contributed by atoms with van der Waals surface area (Å²) in [6.45, 7) is 0. The summed E-state index contributed by atoms with van der Waals surface area (Å²) < 4.78 is 0. The van der Waals surface area contributed by atoms with Gasteiger partial charge in [0.05, 0.1) is 11.8 Å². The Hall–Kier alpha value is -1.36. The quantitative estimate of drug-likeness (QED) is 0.744. The topological polar surface area (TPSA) is 36.7 Å². The molecule has 0 atom stereocenters. The summed E-state index contributed by atoms with van der Waals surface area (Å²) in [4.78, 5) is 4.42. The van der Waals surface area contributed by atoms with Crippen molar-refractivity contribution in [3.63, 3.8) is 0 Å². The first-order chi connectivity index (χ1) is 8.79. The summed E-state index contributed by atoms with van der Waals surface area (Å²) in [5.41, 5.74) is 1.16. The highest BCUT2D eigenvalue weighted by molar-refractivity contribution is 5.33. The van der Waals surface area contributed by atoms with Crippen LogP contribution in [0.15, 0.2) is 24.4 Å². The van der Waals surface area contributed by atoms with E-state index in [0.717, 1.165) is 18.5 Å². The van der Waals surface area contributed by atoms with Crippen molar-refractivity contribution in [2.24, 2.45) is 5.41 Å². The Morgan fingerprint density at radius 3 is 2.33 bits per heavy atom. The van der Waals surface area contributed by atoms with E-state index >= 15 is 0 Å². The van der Waals surface area contributed by atoms with E-state index in [1.807, 2.05) is 24.4 Å². The van der Waals surface area contributed by atoms with Gasteiger partial charge in [0.15, 0.2) is 0 Å². The van der Waals surface area contributed by atoms with Gasteiger partial charge in [-0.15, -0.1) is 0 Å². The molecule has 2 fully saturated rings. The number of nitrogens with zero attached hydrogens (tertiary/aromatic N) is 2. The molecule has 1 heterocycles. The minimum absolute atomic E-state index is 0.286. The molecule has 0 N–H and O–H groups in total. The van der Waals surface area contributed by atoms with Gasteiger partial charge in [-0.05, 0) is 43.2 Å². The molecule has 0 radical (unpaired) electrons. The minimum Gasteiger partial charge on any atom is -0.260 e. The van der Waals surface area contributed by atoms with Crippen molar-refractivity contribution in [2.75, 3.05) is 0 Å². The van der Waals surface area contributed by atoms with E-state index in [2.05, 4.69) is 11.1 Å². The van der Waals surface area contributed by atoms with Gasteiger partial charge in [0.25, 0.3) is 0 Å². The Morgan fingerprint density at radius 2 is 1.78 bits per heavy atom. The van der Waals surface area contributed by atoms with Crippen molar-refractivity contribution in [2.45, 2.75) is 56.8 Å². The first-order valence-electron chi connectivity index (χ1n) is 7.12. The molecule has 1 aromatic heterocycles. The van der Waals surface area contributed by atoms with Crippen LogP contribution in [0.25, 0.3) is 0 Å². The molecule has 2 aliphatic carbocycles. The number of hydrogen-bond acceptors (Lipinski definition) is 2. The molecule has 2 saturated carbocycles. The fourth-order valence-electron chi connectivity index (χ4n) is 4.02. The fourth-order valence-corrected chi connectivity index (χ4v) is 4.02. The molecule has 0 amide bonds. The number of hydrogen-bond donors (Lipinski definition) is 0. The third-order valence-electron chi connectivity index (χ3n) is 4.89. The van der Waals surface area contributed by atoms with Gasteiger partial charge in [-0.3, -0.25) is 4.98 Å². The molecule has 0 bridgehead atoms. The normalized spacial score (nSPS) is 24.8. The van der Waals surface area contributed by atoms with E-state index < -0.39 is 0 Å². The van der Waals surface area contributed by atoms with Crippen LogP contribution in [-0.4, -0.2) is 4.98 Å². The Labute approximate surface area is 109 Å². The monoisotopic (exact) mass is 240 g/mol. The number of pyridine rings is 1. The summed E-state index contributed by atoms with van der Waals surface area (Å²) in [6.07, 6.45) is 12.0. The summed E-state index contributed by atoms with van der Waals surface area (Å²) in [7, 11) is 0. The molecule has 0 unspecified atom stereocenters. The third-order valence-corrected chi connectivity index (χ3v) is 4.89. The van der Waals surface area contributed by atoms with Crippen molar-refractivity contribution >= 4 is 0 Å².